The van der Waals surface area contributed by atoms with Crippen LogP contribution < -0.4 is 10.1 Å². The van der Waals surface area contributed by atoms with Crippen molar-refractivity contribution in [3.05, 3.63) is 53.5 Å². The van der Waals surface area contributed by atoms with E-state index >= 15 is 0 Å². The molecule has 102 valence electrons. The highest BCUT2D eigenvalue weighted by atomic mass is 16.5. The summed E-state index contributed by atoms with van der Waals surface area (Å²) in [5.41, 5.74) is 2.37. The Hall–Kier alpha value is -1.74. The highest BCUT2D eigenvalue weighted by Crippen LogP contribution is 2.27. The zero-order chi connectivity index (χ0) is 13.7. The third-order valence-corrected chi connectivity index (χ3v) is 3.24. The van der Waals surface area contributed by atoms with Crippen molar-refractivity contribution in [3.63, 3.8) is 0 Å². The van der Waals surface area contributed by atoms with Crippen LogP contribution in [0, 0.1) is 6.92 Å². The van der Waals surface area contributed by atoms with Gasteiger partial charge < -0.3 is 14.5 Å². The molecule has 1 heterocycles. The average Bonchev–Trinajstić information content (AvgIpc) is 2.86. The molecule has 0 spiro atoms. The molecule has 1 aromatic carbocycles. The lowest BCUT2D eigenvalue weighted by atomic mass is 9.99. The number of methoxy groups -OCH3 is 1. The molecule has 0 fully saturated rings. The largest absolute Gasteiger partial charge is 0.497 e. The minimum Gasteiger partial charge on any atom is -0.497 e. The molecule has 1 aromatic heterocycles. The van der Waals surface area contributed by atoms with E-state index in [1.54, 1.807) is 13.4 Å². The number of nitrogens with one attached hydrogen (secondary N) is 1. The molecule has 1 atom stereocenters. The highest BCUT2D eigenvalue weighted by molar-refractivity contribution is 5.37. The summed E-state index contributed by atoms with van der Waals surface area (Å²) >= 11 is 0. The Balaban J connectivity index is 2.34. The van der Waals surface area contributed by atoms with Crippen molar-refractivity contribution in [3.8, 4) is 5.75 Å². The van der Waals surface area contributed by atoms with E-state index < -0.39 is 0 Å². The molecule has 2 rings (SSSR count). The number of hydrogen-bond acceptors (Lipinski definition) is 3. The van der Waals surface area contributed by atoms with Crippen LogP contribution in [-0.4, -0.2) is 13.7 Å². The fourth-order valence-electron chi connectivity index (χ4n) is 2.21. The normalized spacial score (nSPS) is 12.4. The van der Waals surface area contributed by atoms with Crippen LogP contribution in [0.5, 0.6) is 5.75 Å². The molecule has 0 bridgehead atoms. The Morgan fingerprint density at radius 1 is 1.32 bits per heavy atom. The quantitative estimate of drug-likeness (QED) is 0.859. The van der Waals surface area contributed by atoms with Crippen LogP contribution in [0.25, 0.3) is 0 Å². The van der Waals surface area contributed by atoms with Crippen LogP contribution in [0.2, 0.25) is 0 Å². The Bertz CT molecular complexity index is 519. The number of furan rings is 1. The molecule has 3 heteroatoms. The number of ether oxygens (including phenoxy) is 1. The standard InChI is InChI=1S/C16H21NO2/c1-4-9-17-16(15-8-10-19-12(15)2)13-6-5-7-14(11-13)18-3/h5-8,10-11,16-17H,4,9H2,1-3H3. The summed E-state index contributed by atoms with van der Waals surface area (Å²) in [4.78, 5) is 0. The molecule has 0 aliphatic rings. The van der Waals surface area contributed by atoms with Gasteiger partial charge >= 0.3 is 0 Å². The van der Waals surface area contributed by atoms with Gasteiger partial charge in [-0.15, -0.1) is 0 Å². The van der Waals surface area contributed by atoms with E-state index in [1.165, 1.54) is 11.1 Å². The third kappa shape index (κ3) is 3.18. The Morgan fingerprint density at radius 2 is 2.16 bits per heavy atom. The van der Waals surface area contributed by atoms with E-state index in [1.807, 2.05) is 25.1 Å². The van der Waals surface area contributed by atoms with Crippen LogP contribution >= 0.6 is 0 Å². The number of rotatable bonds is 6. The summed E-state index contributed by atoms with van der Waals surface area (Å²) in [6.45, 7) is 5.13. The maximum Gasteiger partial charge on any atom is 0.119 e. The van der Waals surface area contributed by atoms with E-state index in [0.717, 1.165) is 24.5 Å². The minimum absolute atomic E-state index is 0.147. The lowest BCUT2D eigenvalue weighted by molar-refractivity contribution is 0.413. The molecule has 0 saturated carbocycles. The summed E-state index contributed by atoms with van der Waals surface area (Å²) in [7, 11) is 1.69. The zero-order valence-corrected chi connectivity index (χ0v) is 11.8. The second-order valence-corrected chi connectivity index (χ2v) is 4.60. The molecular weight excluding hydrogens is 238 g/mol. The monoisotopic (exact) mass is 259 g/mol. The predicted molar refractivity (Wildman–Crippen MR) is 76.6 cm³/mol. The van der Waals surface area contributed by atoms with Crippen LogP contribution in [0.3, 0.4) is 0 Å². The maximum absolute atomic E-state index is 5.43. The second-order valence-electron chi connectivity index (χ2n) is 4.60. The lowest BCUT2D eigenvalue weighted by Gasteiger charge is -2.19. The molecule has 1 unspecified atom stereocenters. The van der Waals surface area contributed by atoms with Gasteiger partial charge in [0.1, 0.15) is 11.5 Å². The summed E-state index contributed by atoms with van der Waals surface area (Å²) in [5, 5.41) is 3.56. The first-order valence-electron chi connectivity index (χ1n) is 6.67. The van der Waals surface area contributed by atoms with Gasteiger partial charge in [0.05, 0.1) is 19.4 Å². The van der Waals surface area contributed by atoms with Crippen LogP contribution in [0.15, 0.2) is 41.0 Å². The SMILES string of the molecule is CCCNC(c1cccc(OC)c1)c1ccoc1C. The molecule has 0 saturated heterocycles. The predicted octanol–water partition coefficient (Wildman–Crippen LogP) is 3.69. The van der Waals surface area contributed by atoms with Crippen molar-refractivity contribution < 1.29 is 9.15 Å². The summed E-state index contributed by atoms with van der Waals surface area (Å²) < 4.78 is 10.7. The highest BCUT2D eigenvalue weighted by Gasteiger charge is 2.17. The van der Waals surface area contributed by atoms with Gasteiger partial charge in [-0.2, -0.15) is 0 Å². The van der Waals surface area contributed by atoms with Gasteiger partial charge in [0.15, 0.2) is 0 Å². The van der Waals surface area contributed by atoms with E-state index in [-0.39, 0.29) is 6.04 Å². The van der Waals surface area contributed by atoms with Crippen molar-refractivity contribution in [1.29, 1.82) is 0 Å². The number of hydrogen-bond donors (Lipinski definition) is 1. The van der Waals surface area contributed by atoms with Gasteiger partial charge in [0.2, 0.25) is 0 Å². The molecule has 3 nitrogen and oxygen atoms in total. The Labute approximate surface area is 114 Å². The van der Waals surface area contributed by atoms with Crippen LogP contribution in [-0.2, 0) is 0 Å². The average molecular weight is 259 g/mol. The van der Waals surface area contributed by atoms with Gasteiger partial charge in [0.25, 0.3) is 0 Å². The molecule has 0 radical (unpaired) electrons. The Morgan fingerprint density at radius 3 is 2.79 bits per heavy atom. The summed E-state index contributed by atoms with van der Waals surface area (Å²) in [6, 6.07) is 10.3. The second kappa shape index (κ2) is 6.43. The molecular formula is C16H21NO2. The topological polar surface area (TPSA) is 34.4 Å². The van der Waals surface area contributed by atoms with Crippen LogP contribution in [0.4, 0.5) is 0 Å². The van der Waals surface area contributed by atoms with Crippen molar-refractivity contribution in [2.45, 2.75) is 26.3 Å². The first-order valence-corrected chi connectivity index (χ1v) is 6.67. The summed E-state index contributed by atoms with van der Waals surface area (Å²) in [5.74, 6) is 1.83. The van der Waals surface area contributed by atoms with Crippen LogP contribution in [0.1, 0.15) is 36.3 Å². The molecule has 2 aromatic rings. The van der Waals surface area contributed by atoms with E-state index in [0.29, 0.717) is 0 Å². The van der Waals surface area contributed by atoms with Gasteiger partial charge in [-0.05, 0) is 43.7 Å². The Kier molecular flexibility index (Phi) is 4.63. The van der Waals surface area contributed by atoms with Crippen molar-refractivity contribution in [2.24, 2.45) is 0 Å². The van der Waals surface area contributed by atoms with Crippen molar-refractivity contribution in [1.82, 2.24) is 5.32 Å². The fraction of sp³-hybridized carbons (Fsp3) is 0.375. The van der Waals surface area contributed by atoms with Gasteiger partial charge in [-0.3, -0.25) is 0 Å². The minimum atomic E-state index is 0.147. The van der Waals surface area contributed by atoms with Gasteiger partial charge in [-0.25, -0.2) is 0 Å². The maximum atomic E-state index is 5.43. The number of aryl methyl sites for hydroxylation is 1. The van der Waals surface area contributed by atoms with Crippen molar-refractivity contribution >= 4 is 0 Å². The fourth-order valence-corrected chi connectivity index (χ4v) is 2.21. The zero-order valence-electron chi connectivity index (χ0n) is 11.8. The van der Waals surface area contributed by atoms with E-state index in [9.17, 15) is 0 Å². The molecule has 19 heavy (non-hydrogen) atoms. The van der Waals surface area contributed by atoms with E-state index in [4.69, 9.17) is 9.15 Å². The first kappa shape index (κ1) is 13.7. The molecule has 0 aliphatic heterocycles. The smallest absolute Gasteiger partial charge is 0.119 e. The lowest BCUT2D eigenvalue weighted by Crippen LogP contribution is -2.23. The van der Waals surface area contributed by atoms with E-state index in [2.05, 4.69) is 24.4 Å². The molecule has 0 aliphatic carbocycles. The molecule has 1 N–H and O–H groups in total. The van der Waals surface area contributed by atoms with Gasteiger partial charge in [-0.1, -0.05) is 19.1 Å². The first-order chi connectivity index (χ1) is 9.26. The third-order valence-electron chi connectivity index (χ3n) is 3.24. The summed E-state index contributed by atoms with van der Waals surface area (Å²) in [6.07, 6.45) is 2.84. The molecule has 0 amide bonds. The van der Waals surface area contributed by atoms with Gasteiger partial charge in [0, 0.05) is 5.56 Å². The number of benzene rings is 1. The van der Waals surface area contributed by atoms with Crippen molar-refractivity contribution in [2.75, 3.05) is 13.7 Å².